The number of aryl methyl sites for hydroxylation is 1. The van der Waals surface area contributed by atoms with Crippen LogP contribution in [0.15, 0.2) is 48.5 Å². The van der Waals surface area contributed by atoms with Gasteiger partial charge in [-0.25, -0.2) is 0 Å². The highest BCUT2D eigenvalue weighted by Gasteiger charge is 2.10. The normalized spacial score (nSPS) is 13.7. The molecule has 0 aromatic heterocycles. The van der Waals surface area contributed by atoms with Crippen molar-refractivity contribution >= 4 is 0 Å². The number of methoxy groups -OCH3 is 1. The summed E-state index contributed by atoms with van der Waals surface area (Å²) >= 11 is 0. The van der Waals surface area contributed by atoms with Crippen LogP contribution in [0.3, 0.4) is 0 Å². The topological polar surface area (TPSA) is 41.5 Å². The lowest BCUT2D eigenvalue weighted by atomic mass is 10.1. The lowest BCUT2D eigenvalue weighted by molar-refractivity contribution is 0.171. The highest BCUT2D eigenvalue weighted by Crippen LogP contribution is 2.19. The van der Waals surface area contributed by atoms with E-state index in [0.29, 0.717) is 6.54 Å². The maximum absolute atomic E-state index is 10.2. The predicted octanol–water partition coefficient (Wildman–Crippen LogP) is 3.39. The van der Waals surface area contributed by atoms with E-state index >= 15 is 0 Å². The summed E-state index contributed by atoms with van der Waals surface area (Å²) in [5.74, 6) is 0.852. The van der Waals surface area contributed by atoms with Gasteiger partial charge in [-0.3, -0.25) is 0 Å². The Balaban J connectivity index is 1.90. The molecule has 0 aliphatic carbocycles. The van der Waals surface area contributed by atoms with Gasteiger partial charge in [-0.2, -0.15) is 0 Å². The first-order valence-corrected chi connectivity index (χ1v) is 7.22. The molecule has 0 bridgehead atoms. The van der Waals surface area contributed by atoms with E-state index in [2.05, 4.69) is 12.2 Å². The number of rotatable bonds is 6. The molecule has 3 heteroatoms. The first-order valence-electron chi connectivity index (χ1n) is 7.22. The third-order valence-corrected chi connectivity index (χ3v) is 3.70. The number of ether oxygens (including phenoxy) is 1. The van der Waals surface area contributed by atoms with Crippen molar-refractivity contribution in [3.63, 3.8) is 0 Å². The van der Waals surface area contributed by atoms with E-state index in [4.69, 9.17) is 4.74 Å². The van der Waals surface area contributed by atoms with Crippen LogP contribution >= 0.6 is 0 Å². The Morgan fingerprint density at radius 3 is 2.14 bits per heavy atom. The van der Waals surface area contributed by atoms with E-state index in [1.807, 2.05) is 55.5 Å². The van der Waals surface area contributed by atoms with Gasteiger partial charge in [-0.1, -0.05) is 42.0 Å². The summed E-state index contributed by atoms with van der Waals surface area (Å²) in [5, 5.41) is 13.6. The molecular weight excluding hydrogens is 262 g/mol. The van der Waals surface area contributed by atoms with Gasteiger partial charge >= 0.3 is 0 Å². The van der Waals surface area contributed by atoms with Gasteiger partial charge in [0.2, 0.25) is 0 Å². The number of benzene rings is 2. The maximum Gasteiger partial charge on any atom is 0.118 e. The average molecular weight is 285 g/mol. The highest BCUT2D eigenvalue weighted by atomic mass is 16.5. The molecule has 21 heavy (non-hydrogen) atoms. The van der Waals surface area contributed by atoms with Crippen LogP contribution in [0, 0.1) is 6.92 Å². The summed E-state index contributed by atoms with van der Waals surface area (Å²) in [6, 6.07) is 16.1. The predicted molar refractivity (Wildman–Crippen MR) is 85.6 cm³/mol. The molecular formula is C18H23NO2. The molecule has 2 unspecified atom stereocenters. The SMILES string of the molecule is COc1ccc(C(C)NCC(O)c2ccc(C)cc2)cc1. The van der Waals surface area contributed by atoms with E-state index in [1.54, 1.807) is 7.11 Å². The smallest absolute Gasteiger partial charge is 0.118 e. The van der Waals surface area contributed by atoms with Gasteiger partial charge < -0.3 is 15.2 Å². The Morgan fingerprint density at radius 1 is 1.00 bits per heavy atom. The Morgan fingerprint density at radius 2 is 1.57 bits per heavy atom. The van der Waals surface area contributed by atoms with E-state index < -0.39 is 6.10 Å². The summed E-state index contributed by atoms with van der Waals surface area (Å²) in [5.41, 5.74) is 3.31. The van der Waals surface area contributed by atoms with Crippen LogP contribution in [0.25, 0.3) is 0 Å². The Labute approximate surface area is 126 Å². The minimum absolute atomic E-state index is 0.177. The quantitative estimate of drug-likeness (QED) is 0.855. The third kappa shape index (κ3) is 4.31. The van der Waals surface area contributed by atoms with Crippen LogP contribution in [0.2, 0.25) is 0 Å². The van der Waals surface area contributed by atoms with Gasteiger partial charge in [0.1, 0.15) is 5.75 Å². The molecule has 3 nitrogen and oxygen atoms in total. The maximum atomic E-state index is 10.2. The average Bonchev–Trinajstić information content (AvgIpc) is 2.53. The van der Waals surface area contributed by atoms with Crippen LogP contribution in [0.4, 0.5) is 0 Å². The van der Waals surface area contributed by atoms with E-state index in [0.717, 1.165) is 11.3 Å². The van der Waals surface area contributed by atoms with Crippen molar-refractivity contribution < 1.29 is 9.84 Å². The fourth-order valence-corrected chi connectivity index (χ4v) is 2.21. The van der Waals surface area contributed by atoms with Crippen molar-refractivity contribution in [3.05, 3.63) is 65.2 Å². The minimum atomic E-state index is -0.494. The van der Waals surface area contributed by atoms with Crippen molar-refractivity contribution in [2.24, 2.45) is 0 Å². The number of nitrogens with one attached hydrogen (secondary N) is 1. The molecule has 2 atom stereocenters. The van der Waals surface area contributed by atoms with Crippen LogP contribution in [-0.4, -0.2) is 18.8 Å². The summed E-state index contributed by atoms with van der Waals surface area (Å²) in [6.07, 6.45) is -0.494. The fraction of sp³-hybridized carbons (Fsp3) is 0.333. The number of hydrogen-bond donors (Lipinski definition) is 2. The van der Waals surface area contributed by atoms with Crippen molar-refractivity contribution in [1.29, 1.82) is 0 Å². The van der Waals surface area contributed by atoms with Crippen molar-refractivity contribution in [1.82, 2.24) is 5.32 Å². The molecule has 0 radical (unpaired) electrons. The van der Waals surface area contributed by atoms with Crippen LogP contribution in [0.5, 0.6) is 5.75 Å². The molecule has 0 saturated heterocycles. The second kappa shape index (κ2) is 7.25. The zero-order chi connectivity index (χ0) is 15.2. The summed E-state index contributed by atoms with van der Waals surface area (Å²) in [7, 11) is 1.66. The largest absolute Gasteiger partial charge is 0.497 e. The molecule has 0 saturated carbocycles. The number of aliphatic hydroxyl groups is 1. The van der Waals surface area contributed by atoms with Gasteiger partial charge in [0, 0.05) is 12.6 Å². The van der Waals surface area contributed by atoms with Crippen LogP contribution < -0.4 is 10.1 Å². The first-order chi connectivity index (χ1) is 10.1. The van der Waals surface area contributed by atoms with Gasteiger partial charge in [-0.15, -0.1) is 0 Å². The number of hydrogen-bond acceptors (Lipinski definition) is 3. The molecule has 0 spiro atoms. The lowest BCUT2D eigenvalue weighted by Gasteiger charge is -2.18. The second-order valence-electron chi connectivity index (χ2n) is 5.33. The minimum Gasteiger partial charge on any atom is -0.497 e. The van der Waals surface area contributed by atoms with E-state index in [1.165, 1.54) is 11.1 Å². The molecule has 2 rings (SSSR count). The number of aliphatic hydroxyl groups excluding tert-OH is 1. The first kappa shape index (κ1) is 15.5. The van der Waals surface area contributed by atoms with Crippen LogP contribution in [-0.2, 0) is 0 Å². The third-order valence-electron chi connectivity index (χ3n) is 3.70. The Hall–Kier alpha value is -1.84. The summed E-state index contributed by atoms with van der Waals surface area (Å²) in [6.45, 7) is 4.65. The molecule has 2 N–H and O–H groups in total. The standard InChI is InChI=1S/C18H23NO2/c1-13-4-6-16(7-5-13)18(20)12-19-14(2)15-8-10-17(21-3)11-9-15/h4-11,14,18-20H,12H2,1-3H3. The molecule has 0 fully saturated rings. The molecule has 0 heterocycles. The summed E-state index contributed by atoms with van der Waals surface area (Å²) in [4.78, 5) is 0. The van der Waals surface area contributed by atoms with Gasteiger partial charge in [0.15, 0.2) is 0 Å². The molecule has 0 aliphatic heterocycles. The van der Waals surface area contributed by atoms with E-state index in [9.17, 15) is 5.11 Å². The highest BCUT2D eigenvalue weighted by molar-refractivity contribution is 5.29. The molecule has 2 aromatic rings. The van der Waals surface area contributed by atoms with Crippen molar-refractivity contribution in [3.8, 4) is 5.75 Å². The second-order valence-corrected chi connectivity index (χ2v) is 5.33. The van der Waals surface area contributed by atoms with Gasteiger partial charge in [0.25, 0.3) is 0 Å². The van der Waals surface area contributed by atoms with Crippen molar-refractivity contribution in [2.75, 3.05) is 13.7 Å². The van der Waals surface area contributed by atoms with Crippen molar-refractivity contribution in [2.45, 2.75) is 26.0 Å². The molecule has 0 amide bonds. The van der Waals surface area contributed by atoms with Crippen LogP contribution in [0.1, 0.15) is 35.8 Å². The Kier molecular flexibility index (Phi) is 5.37. The monoisotopic (exact) mass is 285 g/mol. The molecule has 0 aliphatic rings. The van der Waals surface area contributed by atoms with E-state index in [-0.39, 0.29) is 6.04 Å². The zero-order valence-electron chi connectivity index (χ0n) is 12.8. The summed E-state index contributed by atoms with van der Waals surface area (Å²) < 4.78 is 5.15. The Bertz CT molecular complexity index is 548. The molecule has 2 aromatic carbocycles. The van der Waals surface area contributed by atoms with Gasteiger partial charge in [0.05, 0.1) is 13.2 Å². The zero-order valence-corrected chi connectivity index (χ0v) is 12.8. The molecule has 112 valence electrons. The van der Waals surface area contributed by atoms with Gasteiger partial charge in [-0.05, 0) is 37.1 Å². The lowest BCUT2D eigenvalue weighted by Crippen LogP contribution is -2.24. The fourth-order valence-electron chi connectivity index (χ4n) is 2.21.